The lowest BCUT2D eigenvalue weighted by molar-refractivity contribution is -0.138. The Labute approximate surface area is 351 Å². The van der Waals surface area contributed by atoms with Crippen molar-refractivity contribution in [2.75, 3.05) is 67.5 Å². The Kier molecular flexibility index (Phi) is 12.0. The van der Waals surface area contributed by atoms with Crippen LogP contribution in [0.3, 0.4) is 0 Å². The van der Waals surface area contributed by atoms with E-state index in [0.717, 1.165) is 75.1 Å². The summed E-state index contributed by atoms with van der Waals surface area (Å²) >= 11 is 0. The van der Waals surface area contributed by atoms with Crippen molar-refractivity contribution >= 4 is 46.7 Å². The van der Waals surface area contributed by atoms with E-state index in [2.05, 4.69) is 25.4 Å². The zero-order chi connectivity index (χ0) is 42.8. The number of fused-ring (bicyclic) bond motifs is 1. The highest BCUT2D eigenvalue weighted by Gasteiger charge is 2.45. The minimum absolute atomic E-state index is 0.0806. The molecule has 5 amide bonds. The molecule has 4 saturated heterocycles. The smallest absolute Gasteiger partial charge is 0.417 e. The predicted molar refractivity (Wildman–Crippen MR) is 217 cm³/mol. The average molecular weight is 841 g/mol. The molecule has 3 aromatic rings. The monoisotopic (exact) mass is 840 g/mol. The number of carbonyl (C=O) groups is 5. The first-order chi connectivity index (χ1) is 29.3. The number of aromatic nitrogens is 1. The van der Waals surface area contributed by atoms with Crippen LogP contribution >= 0.6 is 0 Å². The molecule has 4 fully saturated rings. The van der Waals surface area contributed by atoms with Crippen molar-refractivity contribution in [3.8, 4) is 11.8 Å². The van der Waals surface area contributed by atoms with Crippen LogP contribution in [0.4, 0.5) is 30.4 Å². The van der Waals surface area contributed by atoms with Crippen molar-refractivity contribution in [2.45, 2.75) is 63.6 Å². The zero-order valence-corrected chi connectivity index (χ0v) is 33.6. The topological polar surface area (TPSA) is 168 Å². The number of amides is 5. The Morgan fingerprint density at radius 2 is 1.48 bits per heavy atom. The Morgan fingerprint density at radius 3 is 2.13 bits per heavy atom. The molecule has 61 heavy (non-hydrogen) atoms. The van der Waals surface area contributed by atoms with E-state index in [-0.39, 0.29) is 30.2 Å². The molecule has 0 bridgehead atoms. The van der Waals surface area contributed by atoms with Crippen LogP contribution in [0.2, 0.25) is 0 Å². The van der Waals surface area contributed by atoms with Gasteiger partial charge in [-0.15, -0.1) is 0 Å². The van der Waals surface area contributed by atoms with Crippen molar-refractivity contribution in [3.63, 3.8) is 0 Å². The maximum absolute atomic E-state index is 13.5. The number of piperidine rings is 4. The molecule has 0 radical (unpaired) electrons. The quantitative estimate of drug-likeness (QED) is 0.257. The summed E-state index contributed by atoms with van der Waals surface area (Å²) in [4.78, 5) is 75.4. The van der Waals surface area contributed by atoms with Crippen molar-refractivity contribution < 1.29 is 41.9 Å². The lowest BCUT2D eigenvalue weighted by Crippen LogP contribution is -2.54. The molecule has 1 unspecified atom stereocenters. The van der Waals surface area contributed by atoms with Gasteiger partial charge in [-0.3, -0.25) is 34.2 Å². The van der Waals surface area contributed by atoms with Crippen molar-refractivity contribution in [1.82, 2.24) is 20.1 Å². The number of nitriles is 1. The van der Waals surface area contributed by atoms with Crippen LogP contribution in [0.5, 0.6) is 5.75 Å². The van der Waals surface area contributed by atoms with Gasteiger partial charge in [0.05, 0.1) is 41.1 Å². The fourth-order valence-corrected chi connectivity index (χ4v) is 9.17. The SMILES string of the molecule is N#Cc1ccc(N2CCC(C(=O)Nc3ccc(OCC4CCN(CC5CCN(c6ccc7c(c6)C(=O)N(C6CCC(=O)NC6=O)C7=O)CC5)CC4)cn3)CC2)cc1C(F)(F)F. The number of imide groups is 2. The molecule has 14 nitrogen and oxygen atoms in total. The van der Waals surface area contributed by atoms with Crippen molar-refractivity contribution in [3.05, 3.63) is 77.0 Å². The first-order valence-electron chi connectivity index (χ1n) is 20.9. The van der Waals surface area contributed by atoms with E-state index in [1.165, 1.54) is 12.1 Å². The maximum Gasteiger partial charge on any atom is 0.417 e. The van der Waals surface area contributed by atoms with E-state index in [9.17, 15) is 37.1 Å². The van der Waals surface area contributed by atoms with Crippen LogP contribution < -0.4 is 25.2 Å². The zero-order valence-electron chi connectivity index (χ0n) is 33.6. The second-order valence-corrected chi connectivity index (χ2v) is 16.6. The number of halogens is 3. The van der Waals surface area contributed by atoms with Crippen LogP contribution in [-0.2, 0) is 20.6 Å². The van der Waals surface area contributed by atoms with E-state index >= 15 is 0 Å². The molecule has 0 aliphatic carbocycles. The van der Waals surface area contributed by atoms with E-state index in [4.69, 9.17) is 10.00 Å². The standard InChI is InChI=1S/C44H47F3N8O6/c45-44(46,47)36-22-32(2-1-30(36)23-48)54-19-13-29(14-20-54)40(57)50-38-7-4-33(24-49-38)61-26-28-9-15-52(16-10-28)25-27-11-17-53(18-12-27)31-3-5-34-35(21-31)43(60)55(42(34)59)37-6-8-39(56)51-41(37)58/h1-5,7,21-22,24,27-29,37H,6,8-20,25-26H2,(H,49,50,57)(H,51,56,58). The number of hydrogen-bond donors (Lipinski definition) is 2. The number of nitrogens with one attached hydrogen (secondary N) is 2. The largest absolute Gasteiger partial charge is 0.492 e. The molecule has 1 atom stereocenters. The molecule has 0 spiro atoms. The Hall–Kier alpha value is -6.02. The Balaban J connectivity index is 0.728. The molecule has 2 aromatic carbocycles. The van der Waals surface area contributed by atoms with Crippen molar-refractivity contribution in [2.24, 2.45) is 17.8 Å². The van der Waals surface area contributed by atoms with Crippen LogP contribution in [-0.4, -0.2) is 103 Å². The van der Waals surface area contributed by atoms with Crippen LogP contribution in [0, 0.1) is 29.1 Å². The number of benzene rings is 2. The number of pyridine rings is 1. The molecular formula is C44H47F3N8O6. The lowest BCUT2D eigenvalue weighted by Gasteiger charge is -2.38. The first-order valence-corrected chi connectivity index (χ1v) is 20.9. The molecule has 2 N–H and O–H groups in total. The number of alkyl halides is 3. The summed E-state index contributed by atoms with van der Waals surface area (Å²) in [5, 5.41) is 14.2. The minimum atomic E-state index is -4.63. The van der Waals surface area contributed by atoms with Gasteiger partial charge in [-0.2, -0.15) is 18.4 Å². The van der Waals surface area contributed by atoms with Gasteiger partial charge in [0, 0.05) is 56.4 Å². The van der Waals surface area contributed by atoms with Gasteiger partial charge in [0.1, 0.15) is 17.6 Å². The van der Waals surface area contributed by atoms with Gasteiger partial charge >= 0.3 is 6.18 Å². The van der Waals surface area contributed by atoms with Gasteiger partial charge in [0.15, 0.2) is 0 Å². The average Bonchev–Trinajstić information content (AvgIpc) is 3.51. The summed E-state index contributed by atoms with van der Waals surface area (Å²) in [7, 11) is 0. The van der Waals surface area contributed by atoms with E-state index in [0.29, 0.717) is 67.2 Å². The fourth-order valence-electron chi connectivity index (χ4n) is 9.17. The molecular weight excluding hydrogens is 794 g/mol. The third-order valence-corrected chi connectivity index (χ3v) is 12.8. The molecule has 1 aromatic heterocycles. The highest BCUT2D eigenvalue weighted by Crippen LogP contribution is 2.36. The van der Waals surface area contributed by atoms with E-state index in [1.54, 1.807) is 41.4 Å². The third kappa shape index (κ3) is 9.19. The van der Waals surface area contributed by atoms with Gasteiger partial charge in [-0.25, -0.2) is 4.98 Å². The normalized spacial score (nSPS) is 21.0. The molecule has 17 heteroatoms. The lowest BCUT2D eigenvalue weighted by atomic mass is 9.92. The summed E-state index contributed by atoms with van der Waals surface area (Å²) in [5.74, 6) is -0.542. The highest BCUT2D eigenvalue weighted by atomic mass is 19.4. The molecule has 5 aliphatic rings. The number of hydrogen-bond acceptors (Lipinski definition) is 11. The van der Waals surface area contributed by atoms with E-state index in [1.807, 2.05) is 6.07 Å². The molecule has 5 aliphatic heterocycles. The number of nitrogens with zero attached hydrogens (tertiary/aromatic N) is 6. The highest BCUT2D eigenvalue weighted by molar-refractivity contribution is 6.23. The Bertz CT molecular complexity index is 2220. The van der Waals surface area contributed by atoms with Crippen LogP contribution in [0.25, 0.3) is 0 Å². The first kappa shape index (κ1) is 41.7. The van der Waals surface area contributed by atoms with Crippen molar-refractivity contribution in [1.29, 1.82) is 5.26 Å². The van der Waals surface area contributed by atoms with Gasteiger partial charge in [-0.1, -0.05) is 0 Å². The number of ether oxygens (including phenoxy) is 1. The number of likely N-dealkylation sites (tertiary alicyclic amines) is 1. The van der Waals surface area contributed by atoms with Crippen LogP contribution in [0.15, 0.2) is 54.7 Å². The number of anilines is 3. The van der Waals surface area contributed by atoms with Gasteiger partial charge in [0.25, 0.3) is 11.8 Å². The molecule has 6 heterocycles. The Morgan fingerprint density at radius 1 is 0.820 bits per heavy atom. The fraction of sp³-hybridized carbons (Fsp3) is 0.477. The summed E-state index contributed by atoms with van der Waals surface area (Å²) in [6.07, 6.45) is 2.16. The second kappa shape index (κ2) is 17.5. The molecule has 8 rings (SSSR count). The maximum atomic E-state index is 13.5. The van der Waals surface area contributed by atoms with Crippen LogP contribution in [0.1, 0.15) is 83.2 Å². The van der Waals surface area contributed by atoms with Gasteiger partial charge in [0.2, 0.25) is 17.7 Å². The predicted octanol–water partition coefficient (Wildman–Crippen LogP) is 5.24. The summed E-state index contributed by atoms with van der Waals surface area (Å²) < 4.78 is 46.4. The number of carbonyl (C=O) groups excluding carboxylic acids is 5. The summed E-state index contributed by atoms with van der Waals surface area (Å²) in [6, 6.07) is 13.1. The van der Waals surface area contributed by atoms with E-state index < -0.39 is 47.0 Å². The summed E-state index contributed by atoms with van der Waals surface area (Å²) in [5.41, 5.74) is 0.461. The van der Waals surface area contributed by atoms with Gasteiger partial charge < -0.3 is 24.8 Å². The summed E-state index contributed by atoms with van der Waals surface area (Å²) in [6.45, 7) is 6.06. The molecule has 320 valence electrons. The minimum Gasteiger partial charge on any atom is -0.492 e. The second-order valence-electron chi connectivity index (χ2n) is 16.6. The number of rotatable bonds is 10. The third-order valence-electron chi connectivity index (χ3n) is 12.8. The van der Waals surface area contributed by atoms with Gasteiger partial charge in [-0.05, 0) is 118 Å². The molecule has 0 saturated carbocycles.